The van der Waals surface area contributed by atoms with Crippen LogP contribution in [0.4, 0.5) is 0 Å². The molecule has 0 aromatic rings. The second kappa shape index (κ2) is 2.73. The molecule has 1 saturated carbocycles. The molecule has 0 bridgehead atoms. The van der Waals surface area contributed by atoms with E-state index < -0.39 is 0 Å². The van der Waals surface area contributed by atoms with Gasteiger partial charge in [-0.3, -0.25) is 4.79 Å². The number of hydrogen-bond acceptors (Lipinski definition) is 1. The van der Waals surface area contributed by atoms with Crippen molar-refractivity contribution in [2.75, 3.05) is 0 Å². The van der Waals surface area contributed by atoms with Crippen molar-refractivity contribution >= 4 is 5.91 Å². The molecule has 2 nitrogen and oxygen atoms in total. The van der Waals surface area contributed by atoms with Crippen molar-refractivity contribution in [2.24, 2.45) is 5.41 Å². The van der Waals surface area contributed by atoms with Crippen LogP contribution in [0, 0.1) is 5.41 Å². The molecule has 1 aliphatic carbocycles. The number of likely N-dealkylation sites (tertiary alicyclic amines) is 1. The number of nitrogens with zero attached hydrogens (tertiary/aromatic N) is 1. The summed E-state index contributed by atoms with van der Waals surface area (Å²) < 4.78 is 0. The summed E-state index contributed by atoms with van der Waals surface area (Å²) in [6.07, 6.45) is 4.46. The smallest absolute Gasteiger partial charge is 0.229 e. The van der Waals surface area contributed by atoms with Crippen molar-refractivity contribution in [3.8, 4) is 0 Å². The Morgan fingerprint density at radius 3 is 2.23 bits per heavy atom. The van der Waals surface area contributed by atoms with Crippen LogP contribution in [0.5, 0.6) is 0 Å². The van der Waals surface area contributed by atoms with Crippen LogP contribution in [0.1, 0.15) is 46.5 Å². The molecule has 0 aromatic heterocycles. The molecule has 1 amide bonds. The highest BCUT2D eigenvalue weighted by Crippen LogP contribution is 2.51. The number of amides is 1. The maximum Gasteiger partial charge on any atom is 0.229 e. The van der Waals surface area contributed by atoms with Crippen LogP contribution in [-0.2, 0) is 4.79 Å². The second-order valence-corrected chi connectivity index (χ2v) is 4.78. The van der Waals surface area contributed by atoms with E-state index in [4.69, 9.17) is 0 Å². The molecule has 0 aromatic carbocycles. The van der Waals surface area contributed by atoms with Crippen LogP contribution in [-0.4, -0.2) is 22.9 Å². The minimum absolute atomic E-state index is 0.0724. The molecule has 2 fully saturated rings. The first-order valence-electron chi connectivity index (χ1n) is 5.43. The van der Waals surface area contributed by atoms with Crippen LogP contribution in [0.25, 0.3) is 0 Å². The Morgan fingerprint density at radius 1 is 1.38 bits per heavy atom. The largest absolute Gasteiger partial charge is 0.337 e. The van der Waals surface area contributed by atoms with Gasteiger partial charge in [-0.1, -0.05) is 6.92 Å². The number of carbonyl (C=O) groups is 1. The van der Waals surface area contributed by atoms with Crippen LogP contribution in [0.15, 0.2) is 0 Å². The fourth-order valence-electron chi connectivity index (χ4n) is 2.56. The van der Waals surface area contributed by atoms with Gasteiger partial charge in [-0.15, -0.1) is 0 Å². The molecule has 13 heavy (non-hydrogen) atoms. The van der Waals surface area contributed by atoms with Gasteiger partial charge in [0.2, 0.25) is 5.91 Å². The third kappa shape index (κ3) is 1.18. The molecule has 1 heterocycles. The van der Waals surface area contributed by atoms with Gasteiger partial charge in [-0.2, -0.15) is 0 Å². The van der Waals surface area contributed by atoms with Gasteiger partial charge in [0, 0.05) is 17.5 Å². The van der Waals surface area contributed by atoms with E-state index in [9.17, 15) is 4.79 Å². The van der Waals surface area contributed by atoms with E-state index in [1.165, 1.54) is 6.42 Å². The fraction of sp³-hybridized carbons (Fsp3) is 0.909. The lowest BCUT2D eigenvalue weighted by molar-refractivity contribution is -0.149. The molecule has 0 radical (unpaired) electrons. The van der Waals surface area contributed by atoms with Crippen LogP contribution in [0.3, 0.4) is 0 Å². The lowest BCUT2D eigenvalue weighted by atomic mass is 9.91. The number of hydrogen-bond donors (Lipinski definition) is 0. The van der Waals surface area contributed by atoms with Gasteiger partial charge in [0.05, 0.1) is 0 Å². The molecule has 2 aliphatic rings. The Kier molecular flexibility index (Phi) is 1.90. The molecule has 0 spiro atoms. The first-order valence-corrected chi connectivity index (χ1v) is 5.43. The van der Waals surface area contributed by atoms with Crippen molar-refractivity contribution in [3.63, 3.8) is 0 Å². The first-order chi connectivity index (χ1) is 6.10. The van der Waals surface area contributed by atoms with Gasteiger partial charge in [0.25, 0.3) is 0 Å². The van der Waals surface area contributed by atoms with Crippen LogP contribution < -0.4 is 0 Å². The Morgan fingerprint density at radius 2 is 1.92 bits per heavy atom. The van der Waals surface area contributed by atoms with Crippen LogP contribution in [0.2, 0.25) is 0 Å². The quantitative estimate of drug-likeness (QED) is 0.639. The highest BCUT2D eigenvalue weighted by Gasteiger charge is 2.53. The predicted octanol–water partition coefficient (Wildman–Crippen LogP) is 2.19. The number of rotatable bonds is 2. The van der Waals surface area contributed by atoms with Crippen molar-refractivity contribution in [1.82, 2.24) is 4.90 Å². The molecule has 0 N–H and O–H groups in total. The summed E-state index contributed by atoms with van der Waals surface area (Å²) in [6.45, 7) is 6.45. The van der Waals surface area contributed by atoms with Crippen molar-refractivity contribution in [2.45, 2.75) is 58.5 Å². The lowest BCUT2D eigenvalue weighted by Crippen LogP contribution is -2.57. The topological polar surface area (TPSA) is 20.3 Å². The van der Waals surface area contributed by atoms with Crippen molar-refractivity contribution in [3.05, 3.63) is 0 Å². The van der Waals surface area contributed by atoms with E-state index in [0.717, 1.165) is 19.3 Å². The normalized spacial score (nSPS) is 35.5. The summed E-state index contributed by atoms with van der Waals surface area (Å²) in [5.74, 6) is 0.432. The third-order valence-corrected chi connectivity index (χ3v) is 3.85. The zero-order valence-electron chi connectivity index (χ0n) is 8.84. The van der Waals surface area contributed by atoms with Gasteiger partial charge in [-0.25, -0.2) is 0 Å². The van der Waals surface area contributed by atoms with Gasteiger partial charge in [-0.05, 0) is 39.5 Å². The molecule has 2 rings (SSSR count). The van der Waals surface area contributed by atoms with E-state index in [-0.39, 0.29) is 5.41 Å². The molecular formula is C11H19NO. The molecule has 74 valence electrons. The first kappa shape index (κ1) is 9.04. The minimum atomic E-state index is 0.0724. The molecular weight excluding hydrogens is 162 g/mol. The Balaban J connectivity index is 2.05. The highest BCUT2D eigenvalue weighted by atomic mass is 16.2. The average molecular weight is 181 g/mol. The highest BCUT2D eigenvalue weighted by molar-refractivity contribution is 5.86. The summed E-state index contributed by atoms with van der Waals surface area (Å²) in [5.41, 5.74) is 0.0724. The monoisotopic (exact) mass is 181 g/mol. The maximum absolute atomic E-state index is 12.1. The van der Waals surface area contributed by atoms with Gasteiger partial charge < -0.3 is 4.90 Å². The van der Waals surface area contributed by atoms with Crippen molar-refractivity contribution < 1.29 is 4.79 Å². The zero-order valence-corrected chi connectivity index (χ0v) is 8.84. The lowest BCUT2D eigenvalue weighted by Gasteiger charge is -2.47. The zero-order chi connectivity index (χ0) is 9.64. The molecule has 2 atom stereocenters. The molecule has 2 unspecified atom stereocenters. The van der Waals surface area contributed by atoms with E-state index in [2.05, 4.69) is 25.7 Å². The average Bonchev–Trinajstić information content (AvgIpc) is 2.83. The SMILES string of the molecule is CCC1(C(=O)N2C(C)CC2C)CC1. The molecule has 1 saturated heterocycles. The standard InChI is InChI=1S/C11H19NO/c1-4-11(5-6-11)10(13)12-8(2)7-9(12)3/h8-9H,4-7H2,1-3H3. The van der Waals surface area contributed by atoms with Gasteiger partial charge in [0.15, 0.2) is 0 Å². The van der Waals surface area contributed by atoms with Crippen molar-refractivity contribution in [1.29, 1.82) is 0 Å². The Labute approximate surface area is 80.3 Å². The second-order valence-electron chi connectivity index (χ2n) is 4.78. The summed E-state index contributed by atoms with van der Waals surface area (Å²) >= 11 is 0. The van der Waals surface area contributed by atoms with Gasteiger partial charge >= 0.3 is 0 Å². The Hall–Kier alpha value is -0.530. The van der Waals surface area contributed by atoms with E-state index in [0.29, 0.717) is 18.0 Å². The minimum Gasteiger partial charge on any atom is -0.337 e. The summed E-state index contributed by atoms with van der Waals surface area (Å²) in [7, 11) is 0. The predicted molar refractivity (Wildman–Crippen MR) is 52.3 cm³/mol. The summed E-state index contributed by atoms with van der Waals surface area (Å²) in [6, 6.07) is 0.984. The Bertz CT molecular complexity index is 224. The molecule has 2 heteroatoms. The summed E-state index contributed by atoms with van der Waals surface area (Å²) in [4.78, 5) is 14.2. The van der Waals surface area contributed by atoms with Crippen LogP contribution >= 0.6 is 0 Å². The van der Waals surface area contributed by atoms with E-state index in [1.54, 1.807) is 0 Å². The summed E-state index contributed by atoms with van der Waals surface area (Å²) in [5, 5.41) is 0. The van der Waals surface area contributed by atoms with Gasteiger partial charge in [0.1, 0.15) is 0 Å². The third-order valence-electron chi connectivity index (χ3n) is 3.85. The van der Waals surface area contributed by atoms with E-state index in [1.807, 2.05) is 0 Å². The van der Waals surface area contributed by atoms with E-state index >= 15 is 0 Å². The molecule has 1 aliphatic heterocycles. The maximum atomic E-state index is 12.1. The number of carbonyl (C=O) groups excluding carboxylic acids is 1. The fourth-order valence-corrected chi connectivity index (χ4v) is 2.56.